The quantitative estimate of drug-likeness (QED) is 0.882. The van der Waals surface area contributed by atoms with Gasteiger partial charge in [0.1, 0.15) is 5.75 Å². The molecular formula is C19H22N2O3. The molecule has 0 saturated heterocycles. The van der Waals surface area contributed by atoms with Gasteiger partial charge >= 0.3 is 0 Å². The third-order valence-electron chi connectivity index (χ3n) is 3.22. The Bertz CT molecular complexity index is 706. The minimum absolute atomic E-state index is 0.0875. The second-order valence-corrected chi connectivity index (χ2v) is 6.39. The molecule has 0 heterocycles. The highest BCUT2D eigenvalue weighted by atomic mass is 16.5. The van der Waals surface area contributed by atoms with Crippen LogP contribution >= 0.6 is 0 Å². The van der Waals surface area contributed by atoms with Crippen LogP contribution in [0.15, 0.2) is 54.6 Å². The van der Waals surface area contributed by atoms with Gasteiger partial charge in [0.25, 0.3) is 0 Å². The van der Waals surface area contributed by atoms with E-state index in [-0.39, 0.29) is 18.4 Å². The van der Waals surface area contributed by atoms with Crippen molar-refractivity contribution < 1.29 is 14.3 Å². The molecule has 24 heavy (non-hydrogen) atoms. The summed E-state index contributed by atoms with van der Waals surface area (Å²) in [5, 5.41) is 5.38. The van der Waals surface area contributed by atoms with E-state index in [4.69, 9.17) is 4.74 Å². The van der Waals surface area contributed by atoms with E-state index >= 15 is 0 Å². The molecule has 0 aliphatic rings. The summed E-state index contributed by atoms with van der Waals surface area (Å²) in [7, 11) is 0. The molecule has 5 nitrogen and oxygen atoms in total. The summed E-state index contributed by atoms with van der Waals surface area (Å²) in [6.45, 7) is 5.30. The summed E-state index contributed by atoms with van der Waals surface area (Å²) in [5.41, 5.74) is 0.0191. The minimum atomic E-state index is -0.533. The predicted molar refractivity (Wildman–Crippen MR) is 94.1 cm³/mol. The van der Waals surface area contributed by atoms with Crippen molar-refractivity contribution in [1.29, 1.82) is 0 Å². The SMILES string of the molecule is CC(C)(C)C(=O)NCC(=O)Nc1ccccc1Oc1ccccc1. The van der Waals surface area contributed by atoms with E-state index in [0.29, 0.717) is 17.2 Å². The van der Waals surface area contributed by atoms with E-state index in [1.807, 2.05) is 36.4 Å². The smallest absolute Gasteiger partial charge is 0.243 e. The van der Waals surface area contributed by atoms with Gasteiger partial charge in [-0.25, -0.2) is 0 Å². The number of amides is 2. The Balaban J connectivity index is 2.00. The molecule has 5 heteroatoms. The van der Waals surface area contributed by atoms with Crippen molar-refractivity contribution in [1.82, 2.24) is 5.32 Å². The monoisotopic (exact) mass is 326 g/mol. The van der Waals surface area contributed by atoms with Crippen LogP contribution in [0.1, 0.15) is 20.8 Å². The van der Waals surface area contributed by atoms with Crippen molar-refractivity contribution in [2.75, 3.05) is 11.9 Å². The van der Waals surface area contributed by atoms with Gasteiger partial charge in [-0.05, 0) is 24.3 Å². The lowest BCUT2D eigenvalue weighted by molar-refractivity contribution is -0.130. The third-order valence-corrected chi connectivity index (χ3v) is 3.22. The van der Waals surface area contributed by atoms with Crippen LogP contribution in [0.25, 0.3) is 0 Å². The zero-order valence-corrected chi connectivity index (χ0v) is 14.1. The summed E-state index contributed by atoms with van der Waals surface area (Å²) < 4.78 is 5.79. The standard InChI is InChI=1S/C19H22N2O3/c1-19(2,3)18(23)20-13-17(22)21-15-11-7-8-12-16(15)24-14-9-5-4-6-10-14/h4-12H,13H2,1-3H3,(H,20,23)(H,21,22). The first-order valence-electron chi connectivity index (χ1n) is 7.76. The maximum atomic E-state index is 12.1. The third kappa shape index (κ3) is 5.12. The Morgan fingerprint density at radius 2 is 1.58 bits per heavy atom. The highest BCUT2D eigenvalue weighted by Gasteiger charge is 2.21. The number of nitrogens with one attached hydrogen (secondary N) is 2. The minimum Gasteiger partial charge on any atom is -0.455 e. The molecule has 0 atom stereocenters. The van der Waals surface area contributed by atoms with Crippen LogP contribution in [0, 0.1) is 5.41 Å². The Labute approximate surface area is 142 Å². The Hall–Kier alpha value is -2.82. The predicted octanol–water partition coefficient (Wildman–Crippen LogP) is 3.58. The zero-order chi connectivity index (χ0) is 17.6. The van der Waals surface area contributed by atoms with Gasteiger partial charge in [0.15, 0.2) is 5.75 Å². The molecule has 126 valence electrons. The molecule has 0 aliphatic heterocycles. The van der Waals surface area contributed by atoms with Crippen molar-refractivity contribution in [2.24, 2.45) is 5.41 Å². The van der Waals surface area contributed by atoms with E-state index in [0.717, 1.165) is 0 Å². The average molecular weight is 326 g/mol. The van der Waals surface area contributed by atoms with Gasteiger partial charge in [0.2, 0.25) is 11.8 Å². The topological polar surface area (TPSA) is 67.4 Å². The molecule has 0 spiro atoms. The van der Waals surface area contributed by atoms with E-state index in [2.05, 4.69) is 10.6 Å². The highest BCUT2D eigenvalue weighted by Crippen LogP contribution is 2.28. The fourth-order valence-corrected chi connectivity index (χ4v) is 1.89. The van der Waals surface area contributed by atoms with Gasteiger partial charge in [-0.3, -0.25) is 9.59 Å². The number of para-hydroxylation sites is 3. The molecule has 2 rings (SSSR count). The number of anilines is 1. The van der Waals surface area contributed by atoms with Gasteiger partial charge in [0.05, 0.1) is 12.2 Å². The van der Waals surface area contributed by atoms with Gasteiger partial charge in [-0.1, -0.05) is 51.1 Å². The van der Waals surface area contributed by atoms with Crippen LogP contribution in [0.4, 0.5) is 5.69 Å². The molecule has 2 amide bonds. The van der Waals surface area contributed by atoms with Crippen LogP contribution in [0.2, 0.25) is 0 Å². The van der Waals surface area contributed by atoms with Gasteiger partial charge < -0.3 is 15.4 Å². The lowest BCUT2D eigenvalue weighted by Gasteiger charge is -2.17. The molecular weight excluding hydrogens is 304 g/mol. The van der Waals surface area contributed by atoms with E-state index in [1.165, 1.54) is 0 Å². The lowest BCUT2D eigenvalue weighted by Crippen LogP contribution is -2.39. The van der Waals surface area contributed by atoms with Crippen LogP contribution in [0.3, 0.4) is 0 Å². The number of rotatable bonds is 5. The highest BCUT2D eigenvalue weighted by molar-refractivity contribution is 5.96. The van der Waals surface area contributed by atoms with Crippen LogP contribution < -0.4 is 15.4 Å². The summed E-state index contributed by atoms with van der Waals surface area (Å²) in [4.78, 5) is 23.9. The fraction of sp³-hybridized carbons (Fsp3) is 0.263. The van der Waals surface area contributed by atoms with E-state index in [1.54, 1.807) is 39.0 Å². The maximum Gasteiger partial charge on any atom is 0.243 e. The van der Waals surface area contributed by atoms with Crippen LogP contribution in [-0.2, 0) is 9.59 Å². The van der Waals surface area contributed by atoms with E-state index < -0.39 is 5.41 Å². The fourth-order valence-electron chi connectivity index (χ4n) is 1.89. The van der Waals surface area contributed by atoms with Gasteiger partial charge in [-0.15, -0.1) is 0 Å². The second kappa shape index (κ2) is 7.64. The Morgan fingerprint density at radius 1 is 0.958 bits per heavy atom. The van der Waals surface area contributed by atoms with Crippen molar-refractivity contribution in [3.8, 4) is 11.5 Å². The first kappa shape index (κ1) is 17.5. The summed E-state index contributed by atoms with van der Waals surface area (Å²) >= 11 is 0. The molecule has 2 aromatic carbocycles. The summed E-state index contributed by atoms with van der Waals surface area (Å²) in [6.07, 6.45) is 0. The number of ether oxygens (including phenoxy) is 1. The number of benzene rings is 2. The summed E-state index contributed by atoms with van der Waals surface area (Å²) in [5.74, 6) is 0.739. The zero-order valence-electron chi connectivity index (χ0n) is 14.1. The molecule has 0 aliphatic carbocycles. The molecule has 0 unspecified atom stereocenters. The number of hydrogen-bond donors (Lipinski definition) is 2. The summed E-state index contributed by atoms with van der Waals surface area (Å²) in [6, 6.07) is 16.5. The van der Waals surface area contributed by atoms with Crippen LogP contribution in [-0.4, -0.2) is 18.4 Å². The molecule has 0 aromatic heterocycles. The lowest BCUT2D eigenvalue weighted by atomic mass is 9.96. The largest absolute Gasteiger partial charge is 0.455 e. The van der Waals surface area contributed by atoms with E-state index in [9.17, 15) is 9.59 Å². The van der Waals surface area contributed by atoms with Crippen molar-refractivity contribution in [2.45, 2.75) is 20.8 Å². The van der Waals surface area contributed by atoms with Gasteiger partial charge in [0, 0.05) is 5.41 Å². The molecule has 2 N–H and O–H groups in total. The number of carbonyl (C=O) groups is 2. The van der Waals surface area contributed by atoms with Crippen molar-refractivity contribution in [3.05, 3.63) is 54.6 Å². The van der Waals surface area contributed by atoms with Crippen LogP contribution in [0.5, 0.6) is 11.5 Å². The average Bonchev–Trinajstić information content (AvgIpc) is 2.54. The number of hydrogen-bond acceptors (Lipinski definition) is 3. The van der Waals surface area contributed by atoms with Crippen molar-refractivity contribution >= 4 is 17.5 Å². The molecule has 0 radical (unpaired) electrons. The first-order valence-corrected chi connectivity index (χ1v) is 7.76. The maximum absolute atomic E-state index is 12.1. The number of carbonyl (C=O) groups excluding carboxylic acids is 2. The molecule has 0 bridgehead atoms. The molecule has 2 aromatic rings. The Morgan fingerprint density at radius 3 is 2.25 bits per heavy atom. The second-order valence-electron chi connectivity index (χ2n) is 6.39. The molecule has 0 saturated carbocycles. The first-order chi connectivity index (χ1) is 11.4. The normalized spacial score (nSPS) is 10.8. The Kier molecular flexibility index (Phi) is 5.58. The van der Waals surface area contributed by atoms with Crippen molar-refractivity contribution in [3.63, 3.8) is 0 Å². The van der Waals surface area contributed by atoms with Gasteiger partial charge in [-0.2, -0.15) is 0 Å². The molecule has 0 fully saturated rings.